The van der Waals surface area contributed by atoms with Gasteiger partial charge in [-0.2, -0.15) is 26.3 Å². The van der Waals surface area contributed by atoms with Gasteiger partial charge in [-0.25, -0.2) is 4.79 Å². The van der Waals surface area contributed by atoms with E-state index in [-0.39, 0.29) is 5.56 Å². The van der Waals surface area contributed by atoms with Crippen molar-refractivity contribution in [3.05, 3.63) is 35.4 Å². The second-order valence-corrected chi connectivity index (χ2v) is 9.52. The zero-order chi connectivity index (χ0) is 27.3. The Balaban J connectivity index is 1.35. The molecule has 3 fully saturated rings. The number of hydrogen-bond donors (Lipinski definition) is 0. The van der Waals surface area contributed by atoms with Gasteiger partial charge in [-0.05, 0) is 25.8 Å². The van der Waals surface area contributed by atoms with Gasteiger partial charge in [0.2, 0.25) is 12.2 Å². The highest BCUT2D eigenvalue weighted by Gasteiger charge is 2.63. The molecule has 0 bridgehead atoms. The normalized spacial score (nSPS) is 29.8. The van der Waals surface area contributed by atoms with Crippen molar-refractivity contribution in [2.24, 2.45) is 5.41 Å². The lowest BCUT2D eigenvalue weighted by molar-refractivity contribution is -0.324. The van der Waals surface area contributed by atoms with Crippen molar-refractivity contribution >= 4 is 11.9 Å². The molecule has 1 aromatic rings. The summed E-state index contributed by atoms with van der Waals surface area (Å²) in [5, 5.41) is 0. The molecule has 0 aliphatic carbocycles. The van der Waals surface area contributed by atoms with Crippen molar-refractivity contribution in [2.45, 2.75) is 89.3 Å². The van der Waals surface area contributed by atoms with Crippen LogP contribution in [0.3, 0.4) is 0 Å². The SMILES string of the molecule is CCC(C)(C)C(=O)OC1C(=O)OC2C3OC(c4ccc(COC(C(F)(F)F)C(F)(F)F)cc4)OC3OC12. The van der Waals surface area contributed by atoms with Crippen molar-refractivity contribution in [3.8, 4) is 0 Å². The first-order chi connectivity index (χ1) is 17.1. The summed E-state index contributed by atoms with van der Waals surface area (Å²) in [5.41, 5.74) is -0.373. The summed E-state index contributed by atoms with van der Waals surface area (Å²) in [6, 6.07) is 5.31. The smallest absolute Gasteiger partial charge is 0.423 e. The third-order valence-corrected chi connectivity index (χ3v) is 6.46. The van der Waals surface area contributed by atoms with Crippen molar-refractivity contribution in [2.75, 3.05) is 0 Å². The number of alkyl halides is 6. The zero-order valence-corrected chi connectivity index (χ0v) is 19.8. The maximum Gasteiger partial charge on any atom is 0.423 e. The molecule has 8 nitrogen and oxygen atoms in total. The minimum atomic E-state index is -5.60. The average molecular weight is 542 g/mol. The van der Waals surface area contributed by atoms with E-state index in [0.717, 1.165) is 0 Å². The number of esters is 2. The molecule has 0 saturated carbocycles. The van der Waals surface area contributed by atoms with Crippen LogP contribution in [-0.2, 0) is 44.6 Å². The molecule has 0 spiro atoms. The van der Waals surface area contributed by atoms with Crippen molar-refractivity contribution in [1.29, 1.82) is 0 Å². The van der Waals surface area contributed by atoms with Gasteiger partial charge >= 0.3 is 24.3 Å². The van der Waals surface area contributed by atoms with Crippen molar-refractivity contribution in [3.63, 3.8) is 0 Å². The van der Waals surface area contributed by atoms with Crippen LogP contribution in [0.15, 0.2) is 24.3 Å². The lowest BCUT2D eigenvalue weighted by atomic mass is 9.90. The Kier molecular flexibility index (Phi) is 7.25. The molecular weight excluding hydrogens is 518 g/mol. The Labute approximate surface area is 207 Å². The summed E-state index contributed by atoms with van der Waals surface area (Å²) in [4.78, 5) is 24.7. The van der Waals surface area contributed by atoms with Crippen LogP contribution in [0.25, 0.3) is 0 Å². The minimum absolute atomic E-state index is 0.0566. The summed E-state index contributed by atoms with van der Waals surface area (Å²) >= 11 is 0. The van der Waals surface area contributed by atoms with Gasteiger partial charge < -0.3 is 28.4 Å². The first-order valence-electron chi connectivity index (χ1n) is 11.3. The van der Waals surface area contributed by atoms with E-state index >= 15 is 0 Å². The molecule has 0 radical (unpaired) electrons. The van der Waals surface area contributed by atoms with Gasteiger partial charge in [0, 0.05) is 5.56 Å². The molecule has 3 aliphatic heterocycles. The highest BCUT2D eigenvalue weighted by molar-refractivity contribution is 5.84. The first-order valence-corrected chi connectivity index (χ1v) is 11.3. The van der Waals surface area contributed by atoms with Gasteiger partial charge in [0.1, 0.15) is 6.10 Å². The molecule has 37 heavy (non-hydrogen) atoms. The summed E-state index contributed by atoms with van der Waals surface area (Å²) < 4.78 is 108. The monoisotopic (exact) mass is 542 g/mol. The van der Waals surface area contributed by atoms with Crippen LogP contribution in [0, 0.1) is 5.41 Å². The van der Waals surface area contributed by atoms with Crippen LogP contribution < -0.4 is 0 Å². The predicted octanol–water partition coefficient (Wildman–Crippen LogP) is 4.11. The largest absolute Gasteiger partial charge is 0.454 e. The maximum atomic E-state index is 12.6. The molecule has 206 valence electrons. The highest BCUT2D eigenvalue weighted by Crippen LogP contribution is 2.44. The van der Waals surface area contributed by atoms with Crippen LogP contribution >= 0.6 is 0 Å². The lowest BCUT2D eigenvalue weighted by Crippen LogP contribution is -2.44. The number of fused-ring (bicyclic) bond motifs is 3. The number of rotatable bonds is 7. The molecule has 3 saturated heterocycles. The predicted molar refractivity (Wildman–Crippen MR) is 108 cm³/mol. The molecule has 0 amide bonds. The van der Waals surface area contributed by atoms with Crippen LogP contribution in [0.4, 0.5) is 26.3 Å². The van der Waals surface area contributed by atoms with Gasteiger partial charge in [0.05, 0.1) is 12.0 Å². The van der Waals surface area contributed by atoms with Crippen LogP contribution in [-0.4, -0.2) is 61.1 Å². The first kappa shape index (κ1) is 27.6. The Morgan fingerprint density at radius 3 is 2.14 bits per heavy atom. The Bertz CT molecular complexity index is 994. The van der Waals surface area contributed by atoms with Crippen LogP contribution in [0.1, 0.15) is 44.6 Å². The number of ether oxygens (including phenoxy) is 6. The van der Waals surface area contributed by atoms with E-state index in [0.29, 0.717) is 12.0 Å². The maximum absolute atomic E-state index is 12.6. The minimum Gasteiger partial charge on any atom is -0.454 e. The van der Waals surface area contributed by atoms with E-state index in [4.69, 9.17) is 23.7 Å². The number of hydrogen-bond acceptors (Lipinski definition) is 8. The number of halogens is 6. The van der Waals surface area contributed by atoms with E-state index in [1.165, 1.54) is 24.3 Å². The molecule has 4 rings (SSSR count). The highest BCUT2D eigenvalue weighted by atomic mass is 19.4. The molecule has 0 N–H and O–H groups in total. The molecular formula is C23H24F6O8. The van der Waals surface area contributed by atoms with Gasteiger partial charge in [-0.1, -0.05) is 31.2 Å². The topological polar surface area (TPSA) is 89.5 Å². The fraction of sp³-hybridized carbons (Fsp3) is 0.652. The average Bonchev–Trinajstić information content (AvgIpc) is 3.43. The summed E-state index contributed by atoms with van der Waals surface area (Å²) in [6.45, 7) is 4.23. The zero-order valence-electron chi connectivity index (χ0n) is 19.8. The van der Waals surface area contributed by atoms with Crippen LogP contribution in [0.5, 0.6) is 0 Å². The van der Waals surface area contributed by atoms with E-state index in [2.05, 4.69) is 4.74 Å². The molecule has 3 heterocycles. The number of benzene rings is 1. The van der Waals surface area contributed by atoms with Gasteiger partial charge in [0.15, 0.2) is 24.8 Å². The van der Waals surface area contributed by atoms with Gasteiger partial charge in [-0.3, -0.25) is 4.79 Å². The molecule has 0 aromatic heterocycles. The molecule has 6 atom stereocenters. The third kappa shape index (κ3) is 5.56. The summed E-state index contributed by atoms with van der Waals surface area (Å²) in [7, 11) is 0. The second-order valence-electron chi connectivity index (χ2n) is 9.52. The second kappa shape index (κ2) is 9.71. The van der Waals surface area contributed by atoms with Crippen molar-refractivity contribution in [1.82, 2.24) is 0 Å². The molecule has 3 aliphatic rings. The number of carbonyl (C=O) groups is 2. The lowest BCUT2D eigenvalue weighted by Gasteiger charge is -2.24. The summed E-state index contributed by atoms with van der Waals surface area (Å²) in [6.07, 6.45) is -20.6. The Hall–Kier alpha value is -2.42. The summed E-state index contributed by atoms with van der Waals surface area (Å²) in [5.74, 6) is -1.36. The quantitative estimate of drug-likeness (QED) is 0.376. The van der Waals surface area contributed by atoms with Gasteiger partial charge in [0.25, 0.3) is 0 Å². The third-order valence-electron chi connectivity index (χ3n) is 6.46. The Morgan fingerprint density at radius 1 is 0.946 bits per heavy atom. The van der Waals surface area contributed by atoms with E-state index in [1.807, 2.05) is 0 Å². The van der Waals surface area contributed by atoms with E-state index in [1.54, 1.807) is 20.8 Å². The van der Waals surface area contributed by atoms with Crippen LogP contribution in [0.2, 0.25) is 0 Å². The molecule has 14 heteroatoms. The van der Waals surface area contributed by atoms with E-state index < -0.39 is 79.4 Å². The van der Waals surface area contributed by atoms with Crippen molar-refractivity contribution < 1.29 is 64.4 Å². The fourth-order valence-electron chi connectivity index (χ4n) is 3.93. The Morgan fingerprint density at radius 2 is 1.57 bits per heavy atom. The van der Waals surface area contributed by atoms with Gasteiger partial charge in [-0.15, -0.1) is 0 Å². The molecule has 1 aromatic carbocycles. The standard InChI is InChI=1S/C23H24F6O8/c1-4-21(2,3)20(31)36-14-12-13(33-16(14)30)15-18(34-12)37-17(35-15)11-7-5-10(6-8-11)9-32-19(22(24,25)26)23(27,28)29/h5-8,12-15,17-19H,4,9H2,1-3H3. The molecule has 6 unspecified atom stereocenters. The fourth-order valence-corrected chi connectivity index (χ4v) is 3.93. The number of carbonyl (C=O) groups excluding carboxylic acids is 2. The van der Waals surface area contributed by atoms with E-state index in [9.17, 15) is 35.9 Å².